The fraction of sp³-hybridized carbons (Fsp3) is 0.235. The van der Waals surface area contributed by atoms with Gasteiger partial charge in [-0.2, -0.15) is 0 Å². The molecule has 1 atom stereocenters. The summed E-state index contributed by atoms with van der Waals surface area (Å²) >= 11 is 0. The third-order valence-electron chi connectivity index (χ3n) is 3.30. The zero-order valence-corrected chi connectivity index (χ0v) is 12.3. The molecule has 0 aliphatic rings. The molecule has 0 saturated heterocycles. The molecule has 0 bridgehead atoms. The maximum absolute atomic E-state index is 13.4. The van der Waals surface area contributed by atoms with Gasteiger partial charge in [-0.1, -0.05) is 24.3 Å². The maximum Gasteiger partial charge on any atom is 0.319 e. The zero-order chi connectivity index (χ0) is 15.9. The van der Waals surface area contributed by atoms with Gasteiger partial charge in [-0.05, 0) is 49.6 Å². The summed E-state index contributed by atoms with van der Waals surface area (Å²) in [6.07, 6.45) is 1.52. The van der Waals surface area contributed by atoms with E-state index < -0.39 is 11.8 Å². The Hall–Kier alpha value is -2.56. The van der Waals surface area contributed by atoms with Gasteiger partial charge in [0.15, 0.2) is 0 Å². The average molecular weight is 302 g/mol. The molecule has 0 saturated carbocycles. The van der Waals surface area contributed by atoms with Crippen molar-refractivity contribution in [3.05, 3.63) is 59.9 Å². The van der Waals surface area contributed by atoms with E-state index in [1.54, 1.807) is 24.3 Å². The number of benzene rings is 2. The molecule has 0 aliphatic carbocycles. The first-order valence-corrected chi connectivity index (χ1v) is 7.14. The Balaban J connectivity index is 1.79. The first-order valence-electron chi connectivity index (χ1n) is 7.14. The Labute approximate surface area is 129 Å². The molecule has 0 spiro atoms. The van der Waals surface area contributed by atoms with E-state index in [2.05, 4.69) is 10.6 Å². The number of nitrogens with one attached hydrogen (secondary N) is 2. The number of phenolic OH excluding ortho intramolecular Hbond substituents is 1. The Morgan fingerprint density at radius 3 is 2.55 bits per heavy atom. The van der Waals surface area contributed by atoms with E-state index in [4.69, 9.17) is 0 Å². The van der Waals surface area contributed by atoms with Crippen LogP contribution in [0.2, 0.25) is 0 Å². The lowest BCUT2D eigenvalue weighted by atomic mass is 10.1. The fourth-order valence-electron chi connectivity index (χ4n) is 2.06. The lowest BCUT2D eigenvalue weighted by Gasteiger charge is -2.15. The van der Waals surface area contributed by atoms with Crippen LogP contribution < -0.4 is 10.6 Å². The van der Waals surface area contributed by atoms with Crippen LogP contribution in [0.15, 0.2) is 48.5 Å². The molecule has 0 heterocycles. The molecule has 22 heavy (non-hydrogen) atoms. The van der Waals surface area contributed by atoms with Gasteiger partial charge in [0, 0.05) is 6.04 Å². The number of anilines is 1. The van der Waals surface area contributed by atoms with Gasteiger partial charge in [0.2, 0.25) is 0 Å². The number of carbonyl (C=O) groups is 1. The Bertz CT molecular complexity index is 629. The summed E-state index contributed by atoms with van der Waals surface area (Å²) < 4.78 is 13.4. The quantitative estimate of drug-likeness (QED) is 0.789. The first-order chi connectivity index (χ1) is 10.5. The van der Waals surface area contributed by atoms with E-state index >= 15 is 0 Å². The van der Waals surface area contributed by atoms with Gasteiger partial charge >= 0.3 is 6.03 Å². The van der Waals surface area contributed by atoms with Crippen molar-refractivity contribution in [2.75, 3.05) is 5.32 Å². The second-order valence-electron chi connectivity index (χ2n) is 5.18. The van der Waals surface area contributed by atoms with Gasteiger partial charge < -0.3 is 15.7 Å². The van der Waals surface area contributed by atoms with Crippen molar-refractivity contribution < 1.29 is 14.3 Å². The fourth-order valence-corrected chi connectivity index (χ4v) is 2.06. The molecule has 1 unspecified atom stereocenters. The van der Waals surface area contributed by atoms with Crippen molar-refractivity contribution in [3.8, 4) is 5.75 Å². The van der Waals surface area contributed by atoms with Gasteiger partial charge in [-0.3, -0.25) is 0 Å². The third-order valence-corrected chi connectivity index (χ3v) is 3.30. The minimum absolute atomic E-state index is 0.0550. The van der Waals surface area contributed by atoms with E-state index in [0.717, 1.165) is 18.4 Å². The van der Waals surface area contributed by atoms with E-state index in [9.17, 15) is 14.3 Å². The van der Waals surface area contributed by atoms with Crippen LogP contribution in [0.5, 0.6) is 5.75 Å². The van der Waals surface area contributed by atoms with Crippen molar-refractivity contribution in [2.45, 2.75) is 25.8 Å². The lowest BCUT2D eigenvalue weighted by Crippen LogP contribution is -2.36. The van der Waals surface area contributed by atoms with Crippen LogP contribution in [-0.4, -0.2) is 17.2 Å². The number of carbonyl (C=O) groups excluding carboxylic acids is 1. The summed E-state index contributed by atoms with van der Waals surface area (Å²) in [5, 5.41) is 14.5. The second kappa shape index (κ2) is 7.45. The highest BCUT2D eigenvalue weighted by Gasteiger charge is 2.09. The average Bonchev–Trinajstić information content (AvgIpc) is 2.49. The summed E-state index contributed by atoms with van der Waals surface area (Å²) in [7, 11) is 0. The van der Waals surface area contributed by atoms with E-state index in [-0.39, 0.29) is 17.5 Å². The summed E-state index contributed by atoms with van der Waals surface area (Å²) in [5.74, 6) is -0.228. The maximum atomic E-state index is 13.4. The molecule has 0 aromatic heterocycles. The highest BCUT2D eigenvalue weighted by atomic mass is 19.1. The summed E-state index contributed by atoms with van der Waals surface area (Å²) in [6.45, 7) is 1.89. The molecule has 3 N–H and O–H groups in total. The van der Waals surface area contributed by atoms with Crippen LogP contribution in [0.3, 0.4) is 0 Å². The Morgan fingerprint density at radius 2 is 1.86 bits per heavy atom. The molecular weight excluding hydrogens is 283 g/mol. The van der Waals surface area contributed by atoms with Crippen molar-refractivity contribution in [3.63, 3.8) is 0 Å². The van der Waals surface area contributed by atoms with Gasteiger partial charge in [0.25, 0.3) is 0 Å². The van der Waals surface area contributed by atoms with Crippen LogP contribution in [0.4, 0.5) is 14.9 Å². The zero-order valence-electron chi connectivity index (χ0n) is 12.3. The van der Waals surface area contributed by atoms with E-state index in [0.29, 0.717) is 0 Å². The number of aromatic hydroxyl groups is 1. The van der Waals surface area contributed by atoms with Crippen molar-refractivity contribution in [1.29, 1.82) is 0 Å². The summed E-state index contributed by atoms with van der Waals surface area (Å²) in [5.41, 5.74) is 1.24. The van der Waals surface area contributed by atoms with Crippen LogP contribution >= 0.6 is 0 Å². The highest BCUT2D eigenvalue weighted by molar-refractivity contribution is 5.89. The number of hydrogen-bond donors (Lipinski definition) is 3. The normalized spacial score (nSPS) is 11.7. The van der Waals surface area contributed by atoms with E-state index in [1.807, 2.05) is 19.1 Å². The van der Waals surface area contributed by atoms with Crippen molar-refractivity contribution in [1.82, 2.24) is 5.32 Å². The molecule has 2 rings (SSSR count). The van der Waals surface area contributed by atoms with Crippen molar-refractivity contribution in [2.24, 2.45) is 0 Å². The highest BCUT2D eigenvalue weighted by Crippen LogP contribution is 2.13. The minimum Gasteiger partial charge on any atom is -0.508 e. The number of amides is 2. The molecule has 2 aromatic rings. The number of phenols is 1. The smallest absolute Gasteiger partial charge is 0.319 e. The first kappa shape index (κ1) is 15.8. The molecule has 2 aromatic carbocycles. The molecule has 0 radical (unpaired) electrons. The van der Waals surface area contributed by atoms with Crippen LogP contribution in [0.1, 0.15) is 18.9 Å². The minimum atomic E-state index is -0.464. The largest absolute Gasteiger partial charge is 0.508 e. The summed E-state index contributed by atoms with van der Waals surface area (Å²) in [6, 6.07) is 12.5. The molecule has 0 aliphatic heterocycles. The number of hydrogen-bond acceptors (Lipinski definition) is 2. The molecule has 2 amide bonds. The van der Waals surface area contributed by atoms with Gasteiger partial charge in [0.05, 0.1) is 5.69 Å². The molecule has 0 fully saturated rings. The molecular formula is C17H19FN2O2. The van der Waals surface area contributed by atoms with E-state index in [1.165, 1.54) is 12.1 Å². The Kier molecular flexibility index (Phi) is 5.36. The number of urea groups is 1. The monoisotopic (exact) mass is 302 g/mol. The molecule has 116 valence electrons. The predicted octanol–water partition coefficient (Wildman–Crippen LogP) is 3.67. The third kappa shape index (κ3) is 4.77. The van der Waals surface area contributed by atoms with Gasteiger partial charge in [-0.15, -0.1) is 0 Å². The topological polar surface area (TPSA) is 61.4 Å². The van der Waals surface area contributed by atoms with Crippen molar-refractivity contribution >= 4 is 11.7 Å². The lowest BCUT2D eigenvalue weighted by molar-refractivity contribution is 0.248. The SMILES string of the molecule is CC(CCc1ccc(O)cc1)NC(=O)Nc1ccccc1F. The van der Waals surface area contributed by atoms with Crippen LogP contribution in [-0.2, 0) is 6.42 Å². The van der Waals surface area contributed by atoms with Gasteiger partial charge in [-0.25, -0.2) is 9.18 Å². The van der Waals surface area contributed by atoms with Crippen LogP contribution in [0.25, 0.3) is 0 Å². The van der Waals surface area contributed by atoms with Gasteiger partial charge in [0.1, 0.15) is 11.6 Å². The second-order valence-corrected chi connectivity index (χ2v) is 5.18. The Morgan fingerprint density at radius 1 is 1.18 bits per heavy atom. The predicted molar refractivity (Wildman–Crippen MR) is 84.4 cm³/mol. The standard InChI is InChI=1S/C17H19FN2O2/c1-12(6-7-13-8-10-14(21)11-9-13)19-17(22)20-16-5-3-2-4-15(16)18/h2-5,8-12,21H,6-7H2,1H3,(H2,19,20,22). The molecule has 4 nitrogen and oxygen atoms in total. The summed E-state index contributed by atoms with van der Waals surface area (Å²) in [4.78, 5) is 11.8. The number of para-hydroxylation sites is 1. The number of halogens is 1. The number of aryl methyl sites for hydroxylation is 1. The number of rotatable bonds is 5. The molecule has 5 heteroatoms. The van der Waals surface area contributed by atoms with Crippen LogP contribution in [0, 0.1) is 5.82 Å².